The molecule has 2 aromatic heterocycles. The third-order valence-corrected chi connectivity index (χ3v) is 13.2. The Hall–Kier alpha value is -6.67. The van der Waals surface area contributed by atoms with Crippen LogP contribution in [-0.4, -0.2) is 105 Å². The maximum atomic E-state index is 15.4. The highest BCUT2D eigenvalue weighted by Crippen LogP contribution is 2.42. The molecule has 4 heterocycles. The van der Waals surface area contributed by atoms with Crippen molar-refractivity contribution in [1.82, 2.24) is 30.8 Å². The van der Waals surface area contributed by atoms with E-state index in [0.717, 1.165) is 33.8 Å². The number of amides is 5. The summed E-state index contributed by atoms with van der Waals surface area (Å²) in [5, 5.41) is 27.8. The van der Waals surface area contributed by atoms with Crippen LogP contribution in [-0.2, 0) is 41.4 Å². The van der Waals surface area contributed by atoms with Crippen molar-refractivity contribution in [2.75, 3.05) is 36.1 Å². The maximum absolute atomic E-state index is 15.4. The number of carbonyl (C=O) groups is 5. The molecule has 0 bridgehead atoms. The first-order chi connectivity index (χ1) is 33.4. The number of thiocarbonyl (C=S) groups is 1. The summed E-state index contributed by atoms with van der Waals surface area (Å²) < 4.78 is 62.1. The number of anilines is 2. The van der Waals surface area contributed by atoms with Crippen molar-refractivity contribution in [3.63, 3.8) is 0 Å². The average Bonchev–Trinajstić information content (AvgIpc) is 3.98. The molecule has 71 heavy (non-hydrogen) atoms. The van der Waals surface area contributed by atoms with E-state index < -0.39 is 87.5 Å². The Balaban J connectivity index is 0.925. The number of carbonyl (C=O) groups excluding carboxylic acids is 5. The van der Waals surface area contributed by atoms with Crippen molar-refractivity contribution in [3.05, 3.63) is 100 Å². The fourth-order valence-corrected chi connectivity index (χ4v) is 9.41. The van der Waals surface area contributed by atoms with Crippen LogP contribution in [0.4, 0.5) is 28.9 Å². The van der Waals surface area contributed by atoms with E-state index in [2.05, 4.69) is 25.9 Å². The molecule has 6 rings (SSSR count). The largest absolute Gasteiger partial charge is 0.420 e. The normalized spacial score (nSPS) is 17.4. The number of aliphatic hydroxyl groups excluding tert-OH is 1. The summed E-state index contributed by atoms with van der Waals surface area (Å²) in [5.74, 6) is -4.51. The highest BCUT2D eigenvalue weighted by atomic mass is 32.1. The van der Waals surface area contributed by atoms with E-state index in [1.165, 1.54) is 60.2 Å². The lowest BCUT2D eigenvalue weighted by atomic mass is 9.85. The topological polar surface area (TPSA) is 210 Å². The van der Waals surface area contributed by atoms with Crippen molar-refractivity contribution < 1.29 is 51.4 Å². The number of hydrogen-bond acceptors (Lipinski definition) is 12. The monoisotopic (exact) mass is 1020 g/mol. The zero-order chi connectivity index (χ0) is 52.0. The van der Waals surface area contributed by atoms with Gasteiger partial charge >= 0.3 is 6.18 Å². The number of pyridine rings is 1. The Bertz CT molecular complexity index is 2740. The smallest absolute Gasteiger partial charge is 0.391 e. The number of alkyl halides is 3. The number of ether oxygens (including phenoxy) is 1. The Morgan fingerprint density at radius 3 is 2.39 bits per heavy atom. The summed E-state index contributed by atoms with van der Waals surface area (Å²) in [5.41, 5.74) is -0.548. The summed E-state index contributed by atoms with van der Waals surface area (Å²) in [6.07, 6.45) is -1.09. The molecule has 2 saturated heterocycles. The highest BCUT2D eigenvalue weighted by Gasteiger charge is 2.52. The summed E-state index contributed by atoms with van der Waals surface area (Å²) in [4.78, 5) is 79.4. The molecular formula is C49H53F4N9O7S2. The molecule has 22 heteroatoms. The fraction of sp³-hybridized carbons (Fsp3) is 0.408. The quantitative estimate of drug-likeness (QED) is 0.0404. The van der Waals surface area contributed by atoms with Crippen LogP contribution in [0.25, 0.3) is 16.5 Å². The van der Waals surface area contributed by atoms with Gasteiger partial charge in [0.2, 0.25) is 23.6 Å². The highest BCUT2D eigenvalue weighted by molar-refractivity contribution is 7.81. The van der Waals surface area contributed by atoms with Crippen LogP contribution in [0.1, 0.15) is 82.0 Å². The van der Waals surface area contributed by atoms with E-state index in [0.29, 0.717) is 23.4 Å². The van der Waals surface area contributed by atoms with E-state index >= 15 is 4.39 Å². The van der Waals surface area contributed by atoms with Crippen molar-refractivity contribution >= 4 is 75.7 Å². The lowest BCUT2D eigenvalue weighted by molar-refractivity contribution is -0.144. The van der Waals surface area contributed by atoms with E-state index in [-0.39, 0.29) is 50.1 Å². The van der Waals surface area contributed by atoms with E-state index in [1.807, 2.05) is 31.2 Å². The molecule has 376 valence electrons. The standard InChI is InChI=1S/C49H53F4N9O7S2/c1-28-41(71-27-58-28)30-11-9-29(10-12-30)23-57-43(66)36-21-34(63)25-60(36)44(67)42(47(2,3)4)59-38(65)26-69-20-8-7-19-55-37(64)18-15-32-14-16-33(24-56-32)62-46(70)61(45(68)48(62,5)6)35-17-13-31(22-54)39(40(35)50)49(51,52)53/h9-18,24,27,34,36,42,63H,7-8,19-21,23,25-26H2,1-6H3,(H,55,64)(H,57,66)(H,59,65)/b18-15+/t34-,36+,42-/m1/s1. The van der Waals surface area contributed by atoms with E-state index in [4.69, 9.17) is 22.2 Å². The minimum atomic E-state index is -5.22. The number of likely N-dealkylation sites (tertiary alicyclic amines) is 1. The van der Waals surface area contributed by atoms with Gasteiger partial charge in [0.1, 0.15) is 29.8 Å². The first kappa shape index (κ1) is 53.7. The predicted molar refractivity (Wildman–Crippen MR) is 261 cm³/mol. The molecule has 0 unspecified atom stereocenters. The molecule has 3 atom stereocenters. The summed E-state index contributed by atoms with van der Waals surface area (Å²) in [6.45, 7) is 10.5. The van der Waals surface area contributed by atoms with E-state index in [9.17, 15) is 42.3 Å². The first-order valence-corrected chi connectivity index (χ1v) is 23.8. The van der Waals surface area contributed by atoms with Crippen LogP contribution in [0.5, 0.6) is 0 Å². The van der Waals surface area contributed by atoms with Crippen molar-refractivity contribution in [3.8, 4) is 16.5 Å². The van der Waals surface area contributed by atoms with Gasteiger partial charge in [-0.1, -0.05) is 45.0 Å². The molecule has 0 aliphatic carbocycles. The second kappa shape index (κ2) is 22.2. The number of unbranched alkanes of at least 4 members (excludes halogenated alkanes) is 1. The van der Waals surface area contributed by atoms with Crippen LogP contribution >= 0.6 is 23.6 Å². The minimum absolute atomic E-state index is 0.0513. The SMILES string of the molecule is Cc1ncsc1-c1ccc(CNC(=O)[C@@H]2C[C@@H](O)CN2C(=O)[C@@H](NC(=O)COCCCCNC(=O)/C=C/c2ccc(N3C(=S)N(c4ccc(C#N)c(C(F)(F)F)c4F)C(=O)C3(C)C)cn2)C(C)(C)C)cc1. The Morgan fingerprint density at radius 1 is 1.06 bits per heavy atom. The van der Waals surface area contributed by atoms with Gasteiger partial charge in [-0.05, 0) is 92.7 Å². The van der Waals surface area contributed by atoms with Crippen molar-refractivity contribution in [2.24, 2.45) is 5.41 Å². The second-order valence-electron chi connectivity index (χ2n) is 18.5. The number of nitrogens with one attached hydrogen (secondary N) is 3. The Labute approximate surface area is 417 Å². The van der Waals surface area contributed by atoms with Gasteiger partial charge in [0.15, 0.2) is 10.9 Å². The molecule has 2 aliphatic rings. The van der Waals surface area contributed by atoms with Crippen molar-refractivity contribution in [1.29, 1.82) is 5.26 Å². The number of benzene rings is 2. The number of halogens is 4. The fourth-order valence-electron chi connectivity index (χ4n) is 8.09. The van der Waals surface area contributed by atoms with Gasteiger partial charge in [-0.3, -0.25) is 33.9 Å². The van der Waals surface area contributed by atoms with Gasteiger partial charge in [0.25, 0.3) is 5.91 Å². The van der Waals surface area contributed by atoms with Crippen LogP contribution in [0.3, 0.4) is 0 Å². The molecule has 4 aromatic rings. The zero-order valence-corrected chi connectivity index (χ0v) is 41.4. The second-order valence-corrected chi connectivity index (χ2v) is 19.7. The van der Waals surface area contributed by atoms with Crippen LogP contribution in [0.15, 0.2) is 66.3 Å². The summed E-state index contributed by atoms with van der Waals surface area (Å²) in [6, 6.07) is 11.8. The molecule has 0 saturated carbocycles. The van der Waals surface area contributed by atoms with Gasteiger partial charge in [0.05, 0.1) is 57.1 Å². The lowest BCUT2D eigenvalue weighted by Crippen LogP contribution is -2.58. The van der Waals surface area contributed by atoms with Gasteiger partial charge in [-0.15, -0.1) is 11.3 Å². The number of aryl methyl sites for hydroxylation is 1. The Kier molecular flexibility index (Phi) is 16.8. The third kappa shape index (κ3) is 12.4. The molecule has 5 amide bonds. The maximum Gasteiger partial charge on any atom is 0.420 e. The zero-order valence-electron chi connectivity index (χ0n) is 39.7. The van der Waals surface area contributed by atoms with Crippen LogP contribution in [0, 0.1) is 29.5 Å². The number of rotatable bonds is 17. The number of nitriles is 1. The van der Waals surface area contributed by atoms with Crippen molar-refractivity contribution in [2.45, 2.75) is 97.3 Å². The number of aromatic nitrogens is 2. The molecule has 2 fully saturated rings. The third-order valence-electron chi connectivity index (χ3n) is 11.8. The number of hydrogen-bond donors (Lipinski definition) is 4. The van der Waals surface area contributed by atoms with Gasteiger partial charge in [-0.2, -0.15) is 18.4 Å². The molecule has 2 aliphatic heterocycles. The first-order valence-electron chi connectivity index (χ1n) is 22.5. The van der Waals surface area contributed by atoms with Gasteiger partial charge in [-0.25, -0.2) is 9.37 Å². The molecule has 16 nitrogen and oxygen atoms in total. The number of nitrogens with zero attached hydrogens (tertiary/aromatic N) is 6. The summed E-state index contributed by atoms with van der Waals surface area (Å²) >= 11 is 7.02. The molecule has 2 aromatic carbocycles. The number of thiazole rings is 1. The van der Waals surface area contributed by atoms with Crippen LogP contribution in [0.2, 0.25) is 0 Å². The van der Waals surface area contributed by atoms with Crippen LogP contribution < -0.4 is 25.8 Å². The summed E-state index contributed by atoms with van der Waals surface area (Å²) in [7, 11) is 0. The lowest BCUT2D eigenvalue weighted by Gasteiger charge is -2.35. The predicted octanol–water partition coefficient (Wildman–Crippen LogP) is 6.20. The molecule has 0 radical (unpaired) electrons. The molecule has 0 spiro atoms. The number of β-amino-alcohol motifs (C(OH)–C–C–N with tert-alkyl or cyclic N) is 1. The molecular weight excluding hydrogens is 967 g/mol. The minimum Gasteiger partial charge on any atom is -0.391 e. The van der Waals surface area contributed by atoms with E-state index in [1.54, 1.807) is 37.6 Å². The Morgan fingerprint density at radius 2 is 1.77 bits per heavy atom. The number of aliphatic hydroxyl groups is 1. The molecule has 4 N–H and O–H groups in total. The van der Waals surface area contributed by atoms with Gasteiger partial charge in [0, 0.05) is 38.7 Å². The average molecular weight is 1020 g/mol. The van der Waals surface area contributed by atoms with Gasteiger partial charge < -0.3 is 35.6 Å².